The SMILES string of the molecule is CC(=O)Nc1ccc(Oc2ccc3[nH]cc(C[C@H](N)C(=O)N4CCC[C@H]4C#N)c3c2)nc1. The molecule has 32 heavy (non-hydrogen) atoms. The maximum Gasteiger partial charge on any atom is 0.240 e. The van der Waals surface area contributed by atoms with Crippen molar-refractivity contribution in [3.63, 3.8) is 0 Å². The summed E-state index contributed by atoms with van der Waals surface area (Å²) in [5, 5.41) is 12.8. The second-order valence-corrected chi connectivity index (χ2v) is 7.82. The molecule has 0 bridgehead atoms. The number of amides is 2. The third kappa shape index (κ3) is 4.55. The van der Waals surface area contributed by atoms with Crippen LogP contribution in [0.2, 0.25) is 0 Å². The zero-order chi connectivity index (χ0) is 22.7. The van der Waals surface area contributed by atoms with E-state index in [0.29, 0.717) is 36.7 Å². The molecule has 164 valence electrons. The number of carbonyl (C=O) groups is 2. The molecule has 0 radical (unpaired) electrons. The molecule has 4 N–H and O–H groups in total. The fourth-order valence-electron chi connectivity index (χ4n) is 3.93. The number of aromatic nitrogens is 2. The van der Waals surface area contributed by atoms with Crippen molar-refractivity contribution >= 4 is 28.4 Å². The topological polar surface area (TPSA) is 137 Å². The van der Waals surface area contributed by atoms with Crippen LogP contribution in [0, 0.1) is 11.3 Å². The number of ether oxygens (including phenoxy) is 1. The second-order valence-electron chi connectivity index (χ2n) is 7.82. The summed E-state index contributed by atoms with van der Waals surface area (Å²) in [5.74, 6) is 0.607. The Balaban J connectivity index is 1.48. The van der Waals surface area contributed by atoms with Gasteiger partial charge in [0, 0.05) is 36.6 Å². The van der Waals surface area contributed by atoms with Crippen LogP contribution in [0.4, 0.5) is 5.69 Å². The molecule has 0 saturated carbocycles. The Morgan fingerprint density at radius 1 is 1.41 bits per heavy atom. The van der Waals surface area contributed by atoms with Crippen molar-refractivity contribution in [1.29, 1.82) is 5.26 Å². The number of likely N-dealkylation sites (tertiary alicyclic amines) is 1. The Labute approximate surface area is 185 Å². The van der Waals surface area contributed by atoms with E-state index in [1.807, 2.05) is 24.4 Å². The quantitative estimate of drug-likeness (QED) is 0.548. The Bertz CT molecular complexity index is 1180. The van der Waals surface area contributed by atoms with Crippen LogP contribution in [0.15, 0.2) is 42.7 Å². The molecule has 9 nitrogen and oxygen atoms in total. The molecule has 1 saturated heterocycles. The van der Waals surface area contributed by atoms with E-state index in [9.17, 15) is 14.9 Å². The molecule has 1 fully saturated rings. The lowest BCUT2D eigenvalue weighted by molar-refractivity contribution is -0.132. The maximum atomic E-state index is 12.8. The van der Waals surface area contributed by atoms with Crippen LogP contribution < -0.4 is 15.8 Å². The van der Waals surface area contributed by atoms with E-state index in [4.69, 9.17) is 10.5 Å². The smallest absolute Gasteiger partial charge is 0.240 e. The number of rotatable bonds is 6. The summed E-state index contributed by atoms with van der Waals surface area (Å²) in [5.41, 5.74) is 8.60. The summed E-state index contributed by atoms with van der Waals surface area (Å²) >= 11 is 0. The van der Waals surface area contributed by atoms with Gasteiger partial charge in [-0.05, 0) is 49.1 Å². The monoisotopic (exact) mass is 432 g/mol. The van der Waals surface area contributed by atoms with Crippen molar-refractivity contribution in [3.8, 4) is 17.7 Å². The summed E-state index contributed by atoms with van der Waals surface area (Å²) < 4.78 is 5.85. The van der Waals surface area contributed by atoms with Gasteiger partial charge in [-0.25, -0.2) is 4.98 Å². The molecular formula is C23H24N6O3. The van der Waals surface area contributed by atoms with E-state index in [1.165, 1.54) is 13.1 Å². The highest BCUT2D eigenvalue weighted by atomic mass is 16.5. The van der Waals surface area contributed by atoms with Crippen molar-refractivity contribution in [1.82, 2.24) is 14.9 Å². The van der Waals surface area contributed by atoms with Crippen molar-refractivity contribution < 1.29 is 14.3 Å². The van der Waals surface area contributed by atoms with Gasteiger partial charge >= 0.3 is 0 Å². The summed E-state index contributed by atoms with van der Waals surface area (Å²) in [6.45, 7) is 2.00. The Kier molecular flexibility index (Phi) is 6.05. The van der Waals surface area contributed by atoms with Gasteiger partial charge in [-0.1, -0.05) is 0 Å². The third-order valence-electron chi connectivity index (χ3n) is 5.46. The molecule has 2 atom stereocenters. The van der Waals surface area contributed by atoms with Crippen LogP contribution in [0.1, 0.15) is 25.3 Å². The zero-order valence-corrected chi connectivity index (χ0v) is 17.7. The minimum atomic E-state index is -0.726. The number of anilines is 1. The number of aromatic amines is 1. The van der Waals surface area contributed by atoms with Gasteiger partial charge in [0.05, 0.1) is 24.0 Å². The molecule has 3 heterocycles. The van der Waals surface area contributed by atoms with E-state index in [1.54, 1.807) is 17.0 Å². The first-order valence-electron chi connectivity index (χ1n) is 10.4. The number of nitriles is 1. The van der Waals surface area contributed by atoms with E-state index in [-0.39, 0.29) is 17.9 Å². The number of nitrogens with zero attached hydrogens (tertiary/aromatic N) is 3. The maximum absolute atomic E-state index is 12.8. The average Bonchev–Trinajstić information content (AvgIpc) is 3.41. The van der Waals surface area contributed by atoms with Crippen LogP contribution in [0.3, 0.4) is 0 Å². The van der Waals surface area contributed by atoms with E-state index in [0.717, 1.165) is 22.9 Å². The summed E-state index contributed by atoms with van der Waals surface area (Å²) in [7, 11) is 0. The first-order valence-corrected chi connectivity index (χ1v) is 10.4. The normalized spacial score (nSPS) is 16.5. The van der Waals surface area contributed by atoms with Crippen molar-refractivity contribution in [2.75, 3.05) is 11.9 Å². The van der Waals surface area contributed by atoms with Crippen LogP contribution in [0.25, 0.3) is 10.9 Å². The van der Waals surface area contributed by atoms with Crippen LogP contribution in [-0.4, -0.2) is 45.3 Å². The van der Waals surface area contributed by atoms with E-state index >= 15 is 0 Å². The highest BCUT2D eigenvalue weighted by Gasteiger charge is 2.31. The summed E-state index contributed by atoms with van der Waals surface area (Å²) in [6.07, 6.45) is 5.23. The van der Waals surface area contributed by atoms with Crippen LogP contribution in [0.5, 0.6) is 11.6 Å². The number of H-pyrrole nitrogens is 1. The number of nitrogens with one attached hydrogen (secondary N) is 2. The fraction of sp³-hybridized carbons (Fsp3) is 0.304. The highest BCUT2D eigenvalue weighted by Crippen LogP contribution is 2.28. The molecule has 2 aromatic heterocycles. The predicted octanol–water partition coefficient (Wildman–Crippen LogP) is 2.70. The Hall–Kier alpha value is -3.90. The summed E-state index contributed by atoms with van der Waals surface area (Å²) in [6, 6.07) is 10.0. The van der Waals surface area contributed by atoms with Crippen LogP contribution >= 0.6 is 0 Å². The minimum Gasteiger partial charge on any atom is -0.439 e. The Morgan fingerprint density at radius 3 is 2.97 bits per heavy atom. The third-order valence-corrected chi connectivity index (χ3v) is 5.46. The van der Waals surface area contributed by atoms with Crippen LogP contribution in [-0.2, 0) is 16.0 Å². The van der Waals surface area contributed by atoms with Gasteiger partial charge in [-0.2, -0.15) is 5.26 Å². The number of hydrogen-bond acceptors (Lipinski definition) is 6. The molecule has 2 amide bonds. The van der Waals surface area contributed by atoms with Crippen molar-refractivity contribution in [2.24, 2.45) is 5.73 Å². The van der Waals surface area contributed by atoms with E-state index in [2.05, 4.69) is 21.4 Å². The van der Waals surface area contributed by atoms with Crippen molar-refractivity contribution in [2.45, 2.75) is 38.3 Å². The standard InChI is InChI=1S/C23H24N6O3/c1-14(30)28-16-4-7-22(27-13-16)32-18-5-6-21-19(10-18)15(12-26-21)9-20(25)23(31)29-8-2-3-17(29)11-24/h4-7,10,12-13,17,20,26H,2-3,8-9,25H2,1H3,(H,28,30)/t17-,20-/m0/s1. The number of pyridine rings is 1. The number of fused-ring (bicyclic) bond motifs is 1. The van der Waals surface area contributed by atoms with Gasteiger partial charge in [0.1, 0.15) is 11.8 Å². The second kappa shape index (κ2) is 9.08. The number of nitrogens with two attached hydrogens (primary N) is 1. The number of carbonyl (C=O) groups excluding carboxylic acids is 2. The molecule has 1 aliphatic rings. The molecule has 0 spiro atoms. The number of benzene rings is 1. The largest absolute Gasteiger partial charge is 0.439 e. The molecule has 1 aliphatic heterocycles. The predicted molar refractivity (Wildman–Crippen MR) is 119 cm³/mol. The van der Waals surface area contributed by atoms with Crippen molar-refractivity contribution in [3.05, 3.63) is 48.3 Å². The molecule has 0 unspecified atom stereocenters. The van der Waals surface area contributed by atoms with Gasteiger partial charge in [0.15, 0.2) is 0 Å². The lowest BCUT2D eigenvalue weighted by atomic mass is 10.0. The average molecular weight is 432 g/mol. The van der Waals surface area contributed by atoms with Gasteiger partial charge in [-0.15, -0.1) is 0 Å². The van der Waals surface area contributed by atoms with E-state index < -0.39 is 6.04 Å². The first kappa shape index (κ1) is 21.3. The Morgan fingerprint density at radius 2 is 2.25 bits per heavy atom. The van der Waals surface area contributed by atoms with Gasteiger partial charge in [0.2, 0.25) is 17.7 Å². The minimum absolute atomic E-state index is 0.171. The zero-order valence-electron chi connectivity index (χ0n) is 17.7. The molecular weight excluding hydrogens is 408 g/mol. The molecule has 9 heteroatoms. The number of hydrogen-bond donors (Lipinski definition) is 3. The molecule has 3 aromatic rings. The van der Waals surface area contributed by atoms with Gasteiger partial charge < -0.3 is 25.7 Å². The first-order chi connectivity index (χ1) is 15.4. The summed E-state index contributed by atoms with van der Waals surface area (Å²) in [4.78, 5) is 32.9. The van der Waals surface area contributed by atoms with Gasteiger partial charge in [-0.3, -0.25) is 9.59 Å². The molecule has 4 rings (SSSR count). The molecule has 1 aromatic carbocycles. The highest BCUT2D eigenvalue weighted by molar-refractivity contribution is 5.88. The lowest BCUT2D eigenvalue weighted by Crippen LogP contribution is -2.46. The van der Waals surface area contributed by atoms with Gasteiger partial charge in [0.25, 0.3) is 0 Å². The fourth-order valence-corrected chi connectivity index (χ4v) is 3.93. The molecule has 0 aliphatic carbocycles. The lowest BCUT2D eigenvalue weighted by Gasteiger charge is -2.23.